The molecule has 19 heavy (non-hydrogen) atoms. The van der Waals surface area contributed by atoms with E-state index in [1.54, 1.807) is 25.1 Å². The minimum atomic E-state index is -3.60. The number of anilines is 1. The van der Waals surface area contributed by atoms with Gasteiger partial charge in [-0.2, -0.15) is 4.98 Å². The van der Waals surface area contributed by atoms with Crippen LogP contribution >= 0.6 is 15.9 Å². The number of nitrogens with two attached hydrogens (primary N) is 1. The Morgan fingerprint density at radius 3 is 2.68 bits per heavy atom. The summed E-state index contributed by atoms with van der Waals surface area (Å²) in [5.74, 6) is 0.0579. The molecule has 0 aliphatic rings. The van der Waals surface area contributed by atoms with Crippen molar-refractivity contribution >= 4 is 31.9 Å². The summed E-state index contributed by atoms with van der Waals surface area (Å²) >= 11 is 3.19. The van der Waals surface area contributed by atoms with Crippen LogP contribution in [-0.2, 0) is 10.0 Å². The van der Waals surface area contributed by atoms with Gasteiger partial charge in [0.25, 0.3) is 0 Å². The number of nitrogens with zero attached hydrogens (tertiary/aromatic N) is 3. The summed E-state index contributed by atoms with van der Waals surface area (Å²) in [5.41, 5.74) is 5.87. The number of benzene rings is 1. The molecule has 3 N–H and O–H groups in total. The van der Waals surface area contributed by atoms with Crippen molar-refractivity contribution in [3.8, 4) is 5.69 Å². The third kappa shape index (κ3) is 2.77. The SMILES string of the molecule is CCNS(=O)(=O)c1ccccc1-n1nc(N)nc1Br. The number of halogens is 1. The largest absolute Gasteiger partial charge is 0.366 e. The molecule has 7 nitrogen and oxygen atoms in total. The van der Waals surface area contributed by atoms with Crippen LogP contribution in [0.4, 0.5) is 5.95 Å². The van der Waals surface area contributed by atoms with Crippen molar-refractivity contribution in [1.82, 2.24) is 19.5 Å². The fourth-order valence-corrected chi connectivity index (χ4v) is 3.26. The summed E-state index contributed by atoms with van der Waals surface area (Å²) < 4.78 is 28.4. The molecular weight excluding hydrogens is 334 g/mol. The first-order valence-corrected chi connectivity index (χ1v) is 7.70. The second kappa shape index (κ2) is 5.27. The van der Waals surface area contributed by atoms with Crippen molar-refractivity contribution in [2.24, 2.45) is 0 Å². The first-order valence-electron chi connectivity index (χ1n) is 5.43. The zero-order chi connectivity index (χ0) is 14.0. The maximum Gasteiger partial charge on any atom is 0.242 e. The van der Waals surface area contributed by atoms with Crippen LogP contribution in [0.1, 0.15) is 6.92 Å². The van der Waals surface area contributed by atoms with Crippen LogP contribution in [0.5, 0.6) is 0 Å². The molecule has 2 rings (SSSR count). The third-order valence-corrected chi connectivity index (χ3v) is 4.41. The number of nitrogens with one attached hydrogen (secondary N) is 1. The Kier molecular flexibility index (Phi) is 3.88. The predicted octanol–water partition coefficient (Wildman–Crippen LogP) is 0.910. The average Bonchev–Trinajstić information content (AvgIpc) is 2.68. The number of nitrogen functional groups attached to an aromatic ring is 1. The fraction of sp³-hybridized carbons (Fsp3) is 0.200. The van der Waals surface area contributed by atoms with E-state index in [9.17, 15) is 8.42 Å². The third-order valence-electron chi connectivity index (χ3n) is 2.30. The second-order valence-corrected chi connectivity index (χ2v) is 6.06. The molecule has 0 unspecified atom stereocenters. The van der Waals surface area contributed by atoms with Gasteiger partial charge in [0.15, 0.2) is 0 Å². The monoisotopic (exact) mass is 345 g/mol. The van der Waals surface area contributed by atoms with Crippen molar-refractivity contribution < 1.29 is 8.42 Å². The highest BCUT2D eigenvalue weighted by molar-refractivity contribution is 9.10. The summed E-state index contributed by atoms with van der Waals surface area (Å²) in [6.45, 7) is 2.01. The molecule has 0 bridgehead atoms. The minimum absolute atomic E-state index is 0.0579. The lowest BCUT2D eigenvalue weighted by Crippen LogP contribution is -2.24. The Labute approximate surface area is 119 Å². The van der Waals surface area contributed by atoms with Crippen molar-refractivity contribution in [2.75, 3.05) is 12.3 Å². The molecule has 0 spiro atoms. The van der Waals surface area contributed by atoms with E-state index < -0.39 is 10.0 Å². The van der Waals surface area contributed by atoms with Crippen LogP contribution in [0.15, 0.2) is 33.9 Å². The maximum atomic E-state index is 12.1. The fourth-order valence-electron chi connectivity index (χ4n) is 1.59. The molecule has 102 valence electrons. The number of hydrogen-bond donors (Lipinski definition) is 2. The molecule has 0 saturated carbocycles. The number of sulfonamides is 1. The molecule has 1 aromatic heterocycles. The first kappa shape index (κ1) is 14.0. The number of hydrogen-bond acceptors (Lipinski definition) is 5. The average molecular weight is 346 g/mol. The van der Waals surface area contributed by atoms with Crippen molar-refractivity contribution in [2.45, 2.75) is 11.8 Å². The highest BCUT2D eigenvalue weighted by atomic mass is 79.9. The minimum Gasteiger partial charge on any atom is -0.366 e. The van der Waals surface area contributed by atoms with E-state index in [-0.39, 0.29) is 10.8 Å². The van der Waals surface area contributed by atoms with E-state index >= 15 is 0 Å². The Hall–Kier alpha value is -1.45. The molecule has 9 heteroatoms. The molecule has 0 radical (unpaired) electrons. The molecule has 0 amide bonds. The lowest BCUT2D eigenvalue weighted by atomic mass is 10.3. The van der Waals surface area contributed by atoms with E-state index in [4.69, 9.17) is 5.73 Å². The predicted molar refractivity (Wildman–Crippen MR) is 74.3 cm³/mol. The zero-order valence-corrected chi connectivity index (χ0v) is 12.4. The van der Waals surface area contributed by atoms with Gasteiger partial charge in [-0.05, 0) is 28.1 Å². The van der Waals surface area contributed by atoms with Crippen LogP contribution in [-0.4, -0.2) is 29.7 Å². The molecule has 1 heterocycles. The quantitative estimate of drug-likeness (QED) is 0.857. The molecule has 0 aliphatic heterocycles. The Bertz CT molecular complexity index is 698. The highest BCUT2D eigenvalue weighted by Gasteiger charge is 2.20. The summed E-state index contributed by atoms with van der Waals surface area (Å²) in [5, 5.41) is 3.96. The van der Waals surface area contributed by atoms with Gasteiger partial charge in [-0.25, -0.2) is 17.8 Å². The Morgan fingerprint density at radius 2 is 2.11 bits per heavy atom. The molecule has 0 atom stereocenters. The van der Waals surface area contributed by atoms with E-state index in [1.807, 2.05) is 0 Å². The number of para-hydroxylation sites is 1. The van der Waals surface area contributed by atoms with E-state index in [1.165, 1.54) is 10.7 Å². The summed E-state index contributed by atoms with van der Waals surface area (Å²) in [7, 11) is -3.60. The Balaban J connectivity index is 2.63. The molecule has 1 aromatic carbocycles. The van der Waals surface area contributed by atoms with Gasteiger partial charge in [-0.3, -0.25) is 0 Å². The van der Waals surface area contributed by atoms with Gasteiger partial charge >= 0.3 is 0 Å². The number of aromatic nitrogens is 3. The summed E-state index contributed by atoms with van der Waals surface area (Å²) in [6, 6.07) is 6.48. The van der Waals surface area contributed by atoms with Gasteiger partial charge in [0.2, 0.25) is 20.7 Å². The van der Waals surface area contributed by atoms with Crippen molar-refractivity contribution in [1.29, 1.82) is 0 Å². The van der Waals surface area contributed by atoms with Crippen LogP contribution in [0, 0.1) is 0 Å². The number of rotatable bonds is 4. The van der Waals surface area contributed by atoms with Gasteiger partial charge in [0.1, 0.15) is 4.90 Å². The lowest BCUT2D eigenvalue weighted by Gasteiger charge is -2.10. The molecule has 2 aromatic rings. The Morgan fingerprint density at radius 1 is 1.42 bits per heavy atom. The van der Waals surface area contributed by atoms with Crippen LogP contribution in [0.25, 0.3) is 5.69 Å². The molecular formula is C10H12BrN5O2S. The van der Waals surface area contributed by atoms with Gasteiger partial charge in [0, 0.05) is 6.54 Å². The summed E-state index contributed by atoms with van der Waals surface area (Å²) in [6.07, 6.45) is 0. The molecule has 0 fully saturated rings. The van der Waals surface area contributed by atoms with Gasteiger partial charge in [-0.1, -0.05) is 19.1 Å². The standard InChI is InChI=1S/C10H12BrN5O2S/c1-2-13-19(17,18)8-6-4-3-5-7(8)16-9(11)14-10(12)15-16/h3-6,13H,2H2,1H3,(H2,12,15). The topological polar surface area (TPSA) is 103 Å². The molecule has 0 saturated heterocycles. The van der Waals surface area contributed by atoms with Gasteiger partial charge in [0.05, 0.1) is 5.69 Å². The van der Waals surface area contributed by atoms with Crippen molar-refractivity contribution in [3.05, 3.63) is 29.0 Å². The summed E-state index contributed by atoms with van der Waals surface area (Å²) in [4.78, 5) is 4.00. The van der Waals surface area contributed by atoms with Crippen LogP contribution < -0.4 is 10.5 Å². The smallest absolute Gasteiger partial charge is 0.242 e. The van der Waals surface area contributed by atoms with E-state index in [0.29, 0.717) is 17.0 Å². The first-order chi connectivity index (χ1) is 8.95. The normalized spacial score (nSPS) is 11.7. The van der Waals surface area contributed by atoms with Crippen LogP contribution in [0.3, 0.4) is 0 Å². The van der Waals surface area contributed by atoms with Gasteiger partial charge in [-0.15, -0.1) is 5.10 Å². The van der Waals surface area contributed by atoms with Crippen molar-refractivity contribution in [3.63, 3.8) is 0 Å². The molecule has 0 aliphatic carbocycles. The highest BCUT2D eigenvalue weighted by Crippen LogP contribution is 2.22. The lowest BCUT2D eigenvalue weighted by molar-refractivity contribution is 0.582. The van der Waals surface area contributed by atoms with Gasteiger partial charge < -0.3 is 5.73 Å². The zero-order valence-electron chi connectivity index (χ0n) is 10.0. The van der Waals surface area contributed by atoms with E-state index in [2.05, 4.69) is 30.7 Å². The second-order valence-electron chi connectivity index (χ2n) is 3.62. The van der Waals surface area contributed by atoms with Crippen LogP contribution in [0.2, 0.25) is 0 Å². The maximum absolute atomic E-state index is 12.1. The van der Waals surface area contributed by atoms with E-state index in [0.717, 1.165) is 0 Å².